The van der Waals surface area contributed by atoms with Gasteiger partial charge < -0.3 is 0 Å². The highest BCUT2D eigenvalue weighted by atomic mass is 35.5. The van der Waals surface area contributed by atoms with Crippen LogP contribution in [-0.4, -0.2) is 25.0 Å². The molecule has 0 atom stereocenters. The third kappa shape index (κ3) is 2.60. The van der Waals surface area contributed by atoms with Gasteiger partial charge in [-0.2, -0.15) is 15.0 Å². The predicted molar refractivity (Wildman–Crippen MR) is 97.0 cm³/mol. The van der Waals surface area contributed by atoms with E-state index in [1.54, 1.807) is 18.2 Å². The van der Waals surface area contributed by atoms with E-state index < -0.39 is 5.69 Å². The molecule has 3 aromatic rings. The average molecular weight is 385 g/mol. The second-order valence-electron chi connectivity index (χ2n) is 5.50. The standard InChI is InChI=1S/C17H10Cl2N6O/c18-11-4-2-1-3-10(11)15-16-12(5-6-13(19)22-16)25-14(9-21-15)23-24(8-7-20)17(25)26/h1-6H,8-9H2. The van der Waals surface area contributed by atoms with Crippen molar-refractivity contribution in [2.24, 2.45) is 4.99 Å². The molecule has 4 rings (SSSR count). The first-order valence-corrected chi connectivity index (χ1v) is 8.38. The molecule has 7 nitrogen and oxygen atoms in total. The predicted octanol–water partition coefficient (Wildman–Crippen LogP) is 2.61. The molecule has 0 aliphatic carbocycles. The molecular formula is C17H10Cl2N6O. The third-order valence-corrected chi connectivity index (χ3v) is 4.48. The summed E-state index contributed by atoms with van der Waals surface area (Å²) in [5, 5.41) is 13.9. The van der Waals surface area contributed by atoms with Gasteiger partial charge >= 0.3 is 5.69 Å². The van der Waals surface area contributed by atoms with Crippen molar-refractivity contribution < 1.29 is 0 Å². The van der Waals surface area contributed by atoms with Crippen molar-refractivity contribution in [3.8, 4) is 11.8 Å². The summed E-state index contributed by atoms with van der Waals surface area (Å²) in [5.74, 6) is 0.415. The lowest BCUT2D eigenvalue weighted by Crippen LogP contribution is -2.25. The van der Waals surface area contributed by atoms with Crippen LogP contribution >= 0.6 is 23.2 Å². The molecule has 1 aliphatic heterocycles. The normalized spacial score (nSPS) is 12.6. The van der Waals surface area contributed by atoms with Crippen molar-refractivity contribution in [3.05, 3.63) is 74.1 Å². The minimum absolute atomic E-state index is 0.141. The van der Waals surface area contributed by atoms with Gasteiger partial charge in [-0.1, -0.05) is 41.4 Å². The number of nitriles is 1. The molecule has 0 radical (unpaired) electrons. The van der Waals surface area contributed by atoms with Gasteiger partial charge in [0.25, 0.3) is 0 Å². The third-order valence-electron chi connectivity index (χ3n) is 3.94. The summed E-state index contributed by atoms with van der Waals surface area (Å²) in [6.07, 6.45) is 0. The van der Waals surface area contributed by atoms with Gasteiger partial charge in [0.05, 0.1) is 22.5 Å². The van der Waals surface area contributed by atoms with E-state index in [1.165, 1.54) is 4.57 Å². The van der Waals surface area contributed by atoms with Crippen molar-refractivity contribution in [3.63, 3.8) is 0 Å². The number of aromatic nitrogens is 4. The van der Waals surface area contributed by atoms with Crippen LogP contribution in [0.5, 0.6) is 0 Å². The van der Waals surface area contributed by atoms with Crippen LogP contribution in [0.4, 0.5) is 0 Å². The van der Waals surface area contributed by atoms with Crippen molar-refractivity contribution in [1.82, 2.24) is 19.3 Å². The molecule has 0 fully saturated rings. The van der Waals surface area contributed by atoms with E-state index in [1.807, 2.05) is 24.3 Å². The van der Waals surface area contributed by atoms with Gasteiger partial charge in [-0.15, -0.1) is 0 Å². The minimum Gasteiger partial charge on any atom is -0.274 e. The number of pyridine rings is 1. The smallest absolute Gasteiger partial charge is 0.274 e. The fourth-order valence-electron chi connectivity index (χ4n) is 2.84. The van der Waals surface area contributed by atoms with E-state index in [9.17, 15) is 4.79 Å². The van der Waals surface area contributed by atoms with Crippen LogP contribution in [0.2, 0.25) is 10.2 Å². The molecule has 128 valence electrons. The fraction of sp³-hybridized carbons (Fsp3) is 0.118. The Kier molecular flexibility index (Phi) is 4.07. The van der Waals surface area contributed by atoms with Crippen LogP contribution in [0.3, 0.4) is 0 Å². The second kappa shape index (κ2) is 6.41. The van der Waals surface area contributed by atoms with E-state index in [-0.39, 0.29) is 18.2 Å². The lowest BCUT2D eigenvalue weighted by atomic mass is 10.1. The maximum Gasteiger partial charge on any atom is 0.351 e. The Labute approximate surface area is 157 Å². The SMILES string of the molecule is N#CCn1nc2n(c1=O)-c1ccc(Cl)nc1C(c1ccccc1Cl)=NC2. The fourth-order valence-corrected chi connectivity index (χ4v) is 3.21. The molecule has 1 aliphatic rings. The molecule has 2 aromatic heterocycles. The summed E-state index contributed by atoms with van der Waals surface area (Å²) in [7, 11) is 0. The Morgan fingerprint density at radius 3 is 2.77 bits per heavy atom. The van der Waals surface area contributed by atoms with Crippen molar-refractivity contribution in [2.75, 3.05) is 0 Å². The largest absolute Gasteiger partial charge is 0.351 e. The summed E-state index contributed by atoms with van der Waals surface area (Å²) in [6, 6.07) is 12.4. The molecule has 3 heterocycles. The number of aliphatic imine (C=N–C) groups is 1. The Hall–Kier alpha value is -2.95. The molecule has 1 aromatic carbocycles. The Bertz CT molecular complexity index is 1150. The molecule has 0 N–H and O–H groups in total. The Morgan fingerprint density at radius 2 is 2.00 bits per heavy atom. The number of hydrogen-bond donors (Lipinski definition) is 0. The van der Waals surface area contributed by atoms with E-state index in [0.29, 0.717) is 33.5 Å². The lowest BCUT2D eigenvalue weighted by molar-refractivity contribution is 0.667. The van der Waals surface area contributed by atoms with Crippen molar-refractivity contribution >= 4 is 28.9 Å². The maximum absolute atomic E-state index is 12.7. The summed E-state index contributed by atoms with van der Waals surface area (Å²) in [6.45, 7) is -0.00151. The first kappa shape index (κ1) is 16.5. The number of hydrogen-bond acceptors (Lipinski definition) is 5. The van der Waals surface area contributed by atoms with Gasteiger partial charge in [0.2, 0.25) is 0 Å². The summed E-state index contributed by atoms with van der Waals surface area (Å²) < 4.78 is 2.51. The van der Waals surface area contributed by atoms with Gasteiger partial charge in [0, 0.05) is 5.56 Å². The van der Waals surface area contributed by atoms with E-state index in [4.69, 9.17) is 28.5 Å². The Balaban J connectivity index is 2.01. The van der Waals surface area contributed by atoms with Gasteiger partial charge in [0.15, 0.2) is 5.82 Å². The maximum atomic E-state index is 12.7. The zero-order valence-electron chi connectivity index (χ0n) is 13.2. The highest BCUT2D eigenvalue weighted by molar-refractivity contribution is 6.35. The molecule has 0 unspecified atom stereocenters. The molecule has 0 spiro atoms. The number of nitrogens with zero attached hydrogens (tertiary/aromatic N) is 6. The van der Waals surface area contributed by atoms with Gasteiger partial charge in [-0.25, -0.2) is 14.3 Å². The molecule has 9 heteroatoms. The number of halogens is 2. The van der Waals surface area contributed by atoms with E-state index in [0.717, 1.165) is 4.68 Å². The molecule has 0 bridgehead atoms. The second-order valence-corrected chi connectivity index (χ2v) is 6.29. The highest BCUT2D eigenvalue weighted by Crippen LogP contribution is 2.26. The summed E-state index contributed by atoms with van der Waals surface area (Å²) >= 11 is 12.4. The molecule has 0 saturated carbocycles. The zero-order valence-corrected chi connectivity index (χ0v) is 14.7. The lowest BCUT2D eigenvalue weighted by Gasteiger charge is -2.11. The first-order valence-electron chi connectivity index (χ1n) is 7.62. The molecule has 0 saturated heterocycles. The van der Waals surface area contributed by atoms with E-state index in [2.05, 4.69) is 15.1 Å². The van der Waals surface area contributed by atoms with Crippen LogP contribution in [0.25, 0.3) is 5.69 Å². The van der Waals surface area contributed by atoms with E-state index >= 15 is 0 Å². The summed E-state index contributed by atoms with van der Waals surface area (Å²) in [5.41, 5.74) is 1.72. The molecule has 26 heavy (non-hydrogen) atoms. The van der Waals surface area contributed by atoms with Crippen molar-refractivity contribution in [2.45, 2.75) is 13.1 Å². The van der Waals surface area contributed by atoms with Crippen LogP contribution < -0.4 is 5.69 Å². The monoisotopic (exact) mass is 384 g/mol. The Morgan fingerprint density at radius 1 is 1.19 bits per heavy atom. The van der Waals surface area contributed by atoms with Gasteiger partial charge in [-0.3, -0.25) is 4.99 Å². The molecule has 0 amide bonds. The van der Waals surface area contributed by atoms with Crippen LogP contribution in [-0.2, 0) is 13.1 Å². The number of benzene rings is 1. The first-order chi connectivity index (χ1) is 12.6. The minimum atomic E-state index is -0.428. The van der Waals surface area contributed by atoms with Crippen LogP contribution in [0.1, 0.15) is 17.1 Å². The van der Waals surface area contributed by atoms with Crippen molar-refractivity contribution in [1.29, 1.82) is 5.26 Å². The number of rotatable bonds is 2. The van der Waals surface area contributed by atoms with Crippen LogP contribution in [0.15, 0.2) is 46.2 Å². The summed E-state index contributed by atoms with van der Waals surface area (Å²) in [4.78, 5) is 21.7. The quantitative estimate of drug-likeness (QED) is 0.635. The zero-order chi connectivity index (χ0) is 18.3. The van der Waals surface area contributed by atoms with Gasteiger partial charge in [-0.05, 0) is 18.2 Å². The highest BCUT2D eigenvalue weighted by Gasteiger charge is 2.25. The van der Waals surface area contributed by atoms with Gasteiger partial charge in [0.1, 0.15) is 23.9 Å². The average Bonchev–Trinajstić information content (AvgIpc) is 2.84. The number of fused-ring (bicyclic) bond motifs is 3. The van der Waals surface area contributed by atoms with Crippen LogP contribution in [0, 0.1) is 11.3 Å². The molecular weight excluding hydrogens is 375 g/mol. The topological polar surface area (TPSA) is 88.9 Å².